The number of rotatable bonds is 4. The third-order valence-corrected chi connectivity index (χ3v) is 4.15. The van der Waals surface area contributed by atoms with Crippen LogP contribution in [0.3, 0.4) is 0 Å². The van der Waals surface area contributed by atoms with E-state index in [0.29, 0.717) is 17.8 Å². The van der Waals surface area contributed by atoms with E-state index in [2.05, 4.69) is 6.07 Å². The molecule has 0 spiro atoms. The molecule has 0 radical (unpaired) electrons. The highest BCUT2D eigenvalue weighted by Crippen LogP contribution is 2.35. The summed E-state index contributed by atoms with van der Waals surface area (Å²) in [4.78, 5) is 13.4. The number of nitrogens with zero attached hydrogens (tertiary/aromatic N) is 2. The maximum atomic E-state index is 14.5. The number of anilines is 1. The van der Waals surface area contributed by atoms with Gasteiger partial charge in [-0.25, -0.2) is 9.18 Å². The van der Waals surface area contributed by atoms with Gasteiger partial charge in [-0.3, -0.25) is 0 Å². The van der Waals surface area contributed by atoms with Crippen molar-refractivity contribution < 1.29 is 13.9 Å². The summed E-state index contributed by atoms with van der Waals surface area (Å²) in [5, 5.41) is 9.41. The van der Waals surface area contributed by atoms with Gasteiger partial charge in [0.25, 0.3) is 0 Å². The normalized spacial score (nSPS) is 16.3. The fourth-order valence-corrected chi connectivity index (χ4v) is 2.93. The molecule has 0 aromatic heterocycles. The van der Waals surface area contributed by atoms with Crippen LogP contribution in [0.5, 0.6) is 0 Å². The van der Waals surface area contributed by atoms with Crippen LogP contribution in [0.4, 0.5) is 10.1 Å². The van der Waals surface area contributed by atoms with Gasteiger partial charge >= 0.3 is 5.97 Å². The molecule has 3 rings (SSSR count). The summed E-state index contributed by atoms with van der Waals surface area (Å²) < 4.78 is 19.4. The second-order valence-electron chi connectivity index (χ2n) is 5.70. The van der Waals surface area contributed by atoms with Gasteiger partial charge in [0.15, 0.2) is 0 Å². The third kappa shape index (κ3) is 3.38. The maximum Gasteiger partial charge on any atom is 0.338 e. The second kappa shape index (κ2) is 7.18. The number of hydrogen-bond acceptors (Lipinski definition) is 4. The molecule has 1 aliphatic rings. The highest BCUT2D eigenvalue weighted by Gasteiger charge is 2.28. The first-order chi connectivity index (χ1) is 12.1. The average molecular weight is 336 g/mol. The molecule has 5 heteroatoms. The molecule has 126 valence electrons. The minimum atomic E-state index is -0.551. The van der Waals surface area contributed by atoms with Crippen molar-refractivity contribution in [3.8, 4) is 6.07 Å². The minimum Gasteiger partial charge on any atom is -0.462 e. The van der Waals surface area contributed by atoms with E-state index in [4.69, 9.17) is 4.74 Å². The zero-order valence-electron chi connectivity index (χ0n) is 13.8. The molecule has 0 saturated carbocycles. The molecule has 4 nitrogen and oxygen atoms in total. The van der Waals surface area contributed by atoms with E-state index in [1.807, 2.05) is 30.3 Å². The molecule has 0 bridgehead atoms. The molecule has 25 heavy (non-hydrogen) atoms. The number of carbonyl (C=O) groups excluding carboxylic acids is 1. The predicted octanol–water partition coefficient (Wildman–Crippen LogP) is 4.01. The van der Waals surface area contributed by atoms with Gasteiger partial charge in [-0.05, 0) is 30.7 Å². The van der Waals surface area contributed by atoms with Crippen LogP contribution in [0.1, 0.15) is 28.8 Å². The molecule has 0 aliphatic carbocycles. The van der Waals surface area contributed by atoms with Crippen LogP contribution in [0.2, 0.25) is 0 Å². The molecule has 0 N–H and O–H groups in total. The molecular formula is C20H17FN2O2. The van der Waals surface area contributed by atoms with Gasteiger partial charge in [0, 0.05) is 18.7 Å². The molecule has 1 unspecified atom stereocenters. The Morgan fingerprint density at radius 2 is 2.08 bits per heavy atom. The Labute approximate surface area is 145 Å². The first-order valence-electron chi connectivity index (χ1n) is 8.04. The van der Waals surface area contributed by atoms with E-state index in [-0.39, 0.29) is 18.1 Å². The third-order valence-electron chi connectivity index (χ3n) is 4.15. The molecule has 2 aromatic rings. The minimum absolute atomic E-state index is 0.102. The Hall–Kier alpha value is -3.13. The summed E-state index contributed by atoms with van der Waals surface area (Å²) in [6, 6.07) is 16.1. The zero-order chi connectivity index (χ0) is 17.8. The lowest BCUT2D eigenvalue weighted by Crippen LogP contribution is -2.18. The van der Waals surface area contributed by atoms with Crippen LogP contribution < -0.4 is 4.90 Å². The maximum absolute atomic E-state index is 14.5. The Morgan fingerprint density at radius 3 is 2.72 bits per heavy atom. The van der Waals surface area contributed by atoms with Crippen molar-refractivity contribution in [2.45, 2.75) is 12.8 Å². The van der Waals surface area contributed by atoms with Gasteiger partial charge in [0.2, 0.25) is 0 Å². The predicted molar refractivity (Wildman–Crippen MR) is 92.6 cm³/mol. The lowest BCUT2D eigenvalue weighted by Gasteiger charge is -2.19. The molecule has 1 atom stereocenters. The van der Waals surface area contributed by atoms with E-state index in [0.717, 1.165) is 5.56 Å². The topological polar surface area (TPSA) is 53.3 Å². The van der Waals surface area contributed by atoms with Gasteiger partial charge in [0.05, 0.1) is 29.5 Å². The van der Waals surface area contributed by atoms with Crippen LogP contribution in [-0.2, 0) is 4.74 Å². The Bertz CT molecular complexity index is 856. The van der Waals surface area contributed by atoms with Crippen molar-refractivity contribution in [2.75, 3.05) is 18.1 Å². The average Bonchev–Trinajstić information content (AvgIpc) is 3.06. The van der Waals surface area contributed by atoms with Gasteiger partial charge in [-0.1, -0.05) is 30.3 Å². The van der Waals surface area contributed by atoms with Crippen LogP contribution in [0.15, 0.2) is 60.3 Å². The number of hydrogen-bond donors (Lipinski definition) is 0. The lowest BCUT2D eigenvalue weighted by molar-refractivity contribution is 0.0526. The summed E-state index contributed by atoms with van der Waals surface area (Å²) in [7, 11) is 0. The van der Waals surface area contributed by atoms with Crippen molar-refractivity contribution >= 4 is 11.7 Å². The molecule has 0 fully saturated rings. The van der Waals surface area contributed by atoms with E-state index in [1.54, 1.807) is 24.1 Å². The van der Waals surface area contributed by atoms with Crippen LogP contribution in [-0.4, -0.2) is 19.1 Å². The molecule has 1 heterocycles. The molecule has 0 saturated heterocycles. The first-order valence-corrected chi connectivity index (χ1v) is 8.04. The van der Waals surface area contributed by atoms with E-state index in [1.165, 1.54) is 12.1 Å². The molecule has 2 aromatic carbocycles. The van der Waals surface area contributed by atoms with Gasteiger partial charge in [-0.2, -0.15) is 5.26 Å². The number of carbonyl (C=O) groups is 1. The van der Waals surface area contributed by atoms with Crippen LogP contribution in [0.25, 0.3) is 0 Å². The van der Waals surface area contributed by atoms with Gasteiger partial charge < -0.3 is 9.64 Å². The fourth-order valence-electron chi connectivity index (χ4n) is 2.93. The molecular weight excluding hydrogens is 319 g/mol. The number of ether oxygens (including phenoxy) is 1. The SMILES string of the molecule is CCOC(=O)c1ccc(N2C=C(C#N)C(c3ccccc3)C2)c(F)c1. The summed E-state index contributed by atoms with van der Waals surface area (Å²) in [6.07, 6.45) is 1.67. The largest absolute Gasteiger partial charge is 0.462 e. The zero-order valence-corrected chi connectivity index (χ0v) is 13.8. The highest BCUT2D eigenvalue weighted by molar-refractivity contribution is 5.90. The summed E-state index contributed by atoms with van der Waals surface area (Å²) >= 11 is 0. The molecule has 1 aliphatic heterocycles. The second-order valence-corrected chi connectivity index (χ2v) is 5.70. The standard InChI is InChI=1S/C20H17FN2O2/c1-2-25-20(24)15-8-9-19(18(21)10-15)23-12-16(11-22)17(13-23)14-6-4-3-5-7-14/h3-10,12,17H,2,13H2,1H3. The van der Waals surface area contributed by atoms with Crippen molar-refractivity contribution in [2.24, 2.45) is 0 Å². The summed E-state index contributed by atoms with van der Waals surface area (Å²) in [5.41, 5.74) is 2.10. The Kier molecular flexibility index (Phi) is 4.80. The number of halogens is 1. The Balaban J connectivity index is 1.87. The lowest BCUT2D eigenvalue weighted by atomic mass is 9.94. The number of nitriles is 1. The summed E-state index contributed by atoms with van der Waals surface area (Å²) in [5.74, 6) is -1.17. The van der Waals surface area contributed by atoms with Gasteiger partial charge in [0.1, 0.15) is 5.82 Å². The Morgan fingerprint density at radius 1 is 1.32 bits per heavy atom. The van der Waals surface area contributed by atoms with E-state index in [9.17, 15) is 14.4 Å². The number of benzene rings is 2. The van der Waals surface area contributed by atoms with Crippen molar-refractivity contribution in [1.82, 2.24) is 0 Å². The van der Waals surface area contributed by atoms with Crippen molar-refractivity contribution in [1.29, 1.82) is 5.26 Å². The quantitative estimate of drug-likeness (QED) is 0.792. The first kappa shape index (κ1) is 16.7. The van der Waals surface area contributed by atoms with Crippen LogP contribution in [0, 0.1) is 17.1 Å². The monoisotopic (exact) mass is 336 g/mol. The smallest absolute Gasteiger partial charge is 0.338 e. The van der Waals surface area contributed by atoms with E-state index >= 15 is 0 Å². The fraction of sp³-hybridized carbons (Fsp3) is 0.200. The van der Waals surface area contributed by atoms with Crippen LogP contribution >= 0.6 is 0 Å². The van der Waals surface area contributed by atoms with Crippen molar-refractivity contribution in [3.63, 3.8) is 0 Å². The summed E-state index contributed by atoms with van der Waals surface area (Å²) in [6.45, 7) is 2.41. The van der Waals surface area contributed by atoms with Crippen molar-refractivity contribution in [3.05, 3.63) is 77.2 Å². The van der Waals surface area contributed by atoms with E-state index < -0.39 is 11.8 Å². The highest BCUT2D eigenvalue weighted by atomic mass is 19.1. The molecule has 0 amide bonds. The van der Waals surface area contributed by atoms with Gasteiger partial charge in [-0.15, -0.1) is 0 Å². The number of esters is 1.